The smallest absolute Gasteiger partial charge is 0.233 e. The first-order chi connectivity index (χ1) is 10.7. The number of imide groups is 1. The highest BCUT2D eigenvalue weighted by Gasteiger charge is 2.75. The van der Waals surface area contributed by atoms with Crippen LogP contribution >= 0.6 is 0 Å². The van der Waals surface area contributed by atoms with Crippen molar-refractivity contribution in [3.8, 4) is 0 Å². The summed E-state index contributed by atoms with van der Waals surface area (Å²) in [5, 5.41) is 0. The molecule has 5 fully saturated rings. The lowest BCUT2D eigenvalue weighted by molar-refractivity contribution is -0.144. The minimum absolute atomic E-state index is 0.0517. The molecule has 3 heteroatoms. The molecule has 6 rings (SSSR count). The van der Waals surface area contributed by atoms with E-state index in [4.69, 9.17) is 0 Å². The first kappa shape index (κ1) is 12.3. The van der Waals surface area contributed by atoms with Crippen molar-refractivity contribution in [2.75, 3.05) is 0 Å². The molecule has 3 nitrogen and oxygen atoms in total. The molecule has 5 aliphatic carbocycles. The summed E-state index contributed by atoms with van der Waals surface area (Å²) in [5.74, 6) is 2.50. The fourth-order valence-electron chi connectivity index (χ4n) is 7.73. The van der Waals surface area contributed by atoms with Gasteiger partial charge in [0.1, 0.15) is 0 Å². The minimum atomic E-state index is 0.0517. The predicted octanol–water partition coefficient (Wildman–Crippen LogP) is 2.91. The Morgan fingerprint density at radius 1 is 1.09 bits per heavy atom. The van der Waals surface area contributed by atoms with Crippen molar-refractivity contribution in [1.29, 1.82) is 0 Å². The van der Waals surface area contributed by atoms with Crippen LogP contribution in [0.25, 0.3) is 0 Å². The van der Waals surface area contributed by atoms with Gasteiger partial charge in [-0.25, -0.2) is 0 Å². The van der Waals surface area contributed by atoms with Gasteiger partial charge < -0.3 is 0 Å². The Balaban J connectivity index is 1.46. The van der Waals surface area contributed by atoms with Gasteiger partial charge in [0, 0.05) is 6.04 Å². The summed E-state index contributed by atoms with van der Waals surface area (Å²) in [7, 11) is 0. The summed E-state index contributed by atoms with van der Waals surface area (Å²) in [4.78, 5) is 28.1. The van der Waals surface area contributed by atoms with E-state index in [1.807, 2.05) is 0 Å². The topological polar surface area (TPSA) is 37.4 Å². The fourth-order valence-corrected chi connectivity index (χ4v) is 7.73. The zero-order valence-corrected chi connectivity index (χ0v) is 13.0. The molecule has 6 unspecified atom stereocenters. The lowest BCUT2D eigenvalue weighted by Crippen LogP contribution is -2.42. The van der Waals surface area contributed by atoms with Crippen LogP contribution in [-0.2, 0) is 9.59 Å². The molecule has 22 heavy (non-hydrogen) atoms. The van der Waals surface area contributed by atoms with Gasteiger partial charge in [-0.05, 0) is 61.7 Å². The summed E-state index contributed by atoms with van der Waals surface area (Å²) in [5.41, 5.74) is 1.78. The molecule has 0 radical (unpaired) electrons. The second kappa shape index (κ2) is 3.68. The number of likely N-dealkylation sites (tertiary alicyclic amines) is 1. The summed E-state index contributed by atoms with van der Waals surface area (Å²) >= 11 is 0. The Bertz CT molecular complexity index is 631. The highest BCUT2D eigenvalue weighted by atomic mass is 16.2. The van der Waals surface area contributed by atoms with E-state index in [-0.39, 0.29) is 35.1 Å². The van der Waals surface area contributed by atoms with Crippen molar-refractivity contribution in [3.63, 3.8) is 0 Å². The predicted molar refractivity (Wildman–Crippen MR) is 80.5 cm³/mol. The van der Waals surface area contributed by atoms with E-state index in [1.54, 1.807) is 10.5 Å². The number of allylic oxidation sites excluding steroid dienone is 2. The van der Waals surface area contributed by atoms with Crippen LogP contribution < -0.4 is 0 Å². The third-order valence-electron chi connectivity index (χ3n) is 8.29. The fraction of sp³-hybridized carbons (Fsp3) is 0.789. The normalized spacial score (nSPS) is 51.9. The van der Waals surface area contributed by atoms with Gasteiger partial charge in [0.05, 0.1) is 11.8 Å². The Labute approximate surface area is 131 Å². The molecule has 6 aliphatic rings. The largest absolute Gasteiger partial charge is 0.279 e. The zero-order valence-electron chi connectivity index (χ0n) is 13.0. The highest BCUT2D eigenvalue weighted by Crippen LogP contribution is 2.76. The van der Waals surface area contributed by atoms with E-state index < -0.39 is 0 Å². The number of nitrogens with zero attached hydrogens (tertiary/aromatic N) is 1. The van der Waals surface area contributed by atoms with Crippen molar-refractivity contribution in [2.45, 2.75) is 57.4 Å². The average Bonchev–Trinajstić information content (AvgIpc) is 3.24. The lowest BCUT2D eigenvalue weighted by Gasteiger charge is -2.39. The Kier molecular flexibility index (Phi) is 2.06. The molecule has 0 aromatic carbocycles. The van der Waals surface area contributed by atoms with E-state index in [1.165, 1.54) is 32.1 Å². The molecule has 6 atom stereocenters. The summed E-state index contributed by atoms with van der Waals surface area (Å²) in [6.07, 6.45) is 11.6. The van der Waals surface area contributed by atoms with Crippen LogP contribution in [0.3, 0.4) is 0 Å². The first-order valence-corrected chi connectivity index (χ1v) is 9.25. The van der Waals surface area contributed by atoms with Crippen molar-refractivity contribution in [3.05, 3.63) is 11.6 Å². The molecule has 0 aromatic rings. The Hall–Kier alpha value is -1.12. The van der Waals surface area contributed by atoms with E-state index in [9.17, 15) is 9.59 Å². The van der Waals surface area contributed by atoms with Crippen molar-refractivity contribution >= 4 is 11.8 Å². The quantitative estimate of drug-likeness (QED) is 0.551. The van der Waals surface area contributed by atoms with Crippen LogP contribution in [0.1, 0.15) is 51.4 Å². The van der Waals surface area contributed by atoms with Gasteiger partial charge >= 0.3 is 0 Å². The maximum atomic E-state index is 13.2. The van der Waals surface area contributed by atoms with Crippen molar-refractivity contribution in [1.82, 2.24) is 4.90 Å². The van der Waals surface area contributed by atoms with Gasteiger partial charge in [0.25, 0.3) is 0 Å². The van der Waals surface area contributed by atoms with E-state index in [0.29, 0.717) is 11.8 Å². The molecule has 1 saturated heterocycles. The molecule has 116 valence electrons. The number of fused-ring (bicyclic) bond motifs is 5. The molecular formula is C19H23NO2. The van der Waals surface area contributed by atoms with Crippen LogP contribution in [0.5, 0.6) is 0 Å². The second-order valence-electron chi connectivity index (χ2n) is 8.84. The number of carbonyl (C=O) groups is 2. The number of hydrogen-bond donors (Lipinski definition) is 0. The molecule has 2 amide bonds. The summed E-state index contributed by atoms with van der Waals surface area (Å²) in [6.45, 7) is 0. The lowest BCUT2D eigenvalue weighted by atomic mass is 9.62. The van der Waals surface area contributed by atoms with Crippen LogP contribution in [0.2, 0.25) is 0 Å². The molecule has 1 heterocycles. The van der Waals surface area contributed by atoms with E-state index >= 15 is 0 Å². The van der Waals surface area contributed by atoms with Crippen molar-refractivity contribution < 1.29 is 9.59 Å². The third kappa shape index (κ3) is 1.14. The molecule has 1 aliphatic heterocycles. The van der Waals surface area contributed by atoms with Crippen LogP contribution in [-0.4, -0.2) is 22.8 Å². The number of rotatable bonds is 1. The molecular weight excluding hydrogens is 274 g/mol. The first-order valence-electron chi connectivity index (χ1n) is 9.25. The van der Waals surface area contributed by atoms with Crippen LogP contribution in [0.15, 0.2) is 11.6 Å². The standard InChI is InChI=1S/C19H23NO2/c21-17-15-13-9-19(8-10-5-6-12(13)14(19)7-10)16(15)18(22)20(17)11-3-1-2-4-11/h5,11-16H,1-4,6-9H2. The van der Waals surface area contributed by atoms with Gasteiger partial charge in [-0.3, -0.25) is 14.5 Å². The molecule has 0 aromatic heterocycles. The molecule has 4 bridgehead atoms. The SMILES string of the molecule is O=C1C2C3CC4(CC5=CCC3C4C5)C2C(=O)N1C1CCCC1. The minimum Gasteiger partial charge on any atom is -0.279 e. The van der Waals surface area contributed by atoms with Gasteiger partial charge in [-0.15, -0.1) is 0 Å². The maximum absolute atomic E-state index is 13.2. The number of carbonyl (C=O) groups excluding carboxylic acids is 2. The maximum Gasteiger partial charge on any atom is 0.233 e. The number of hydrogen-bond acceptors (Lipinski definition) is 2. The second-order valence-corrected chi connectivity index (χ2v) is 8.84. The average molecular weight is 297 g/mol. The van der Waals surface area contributed by atoms with E-state index in [2.05, 4.69) is 6.08 Å². The molecule has 1 spiro atoms. The van der Waals surface area contributed by atoms with Gasteiger partial charge in [0.15, 0.2) is 0 Å². The zero-order chi connectivity index (χ0) is 14.6. The molecule has 0 N–H and O–H groups in total. The van der Waals surface area contributed by atoms with Gasteiger partial charge in [-0.2, -0.15) is 0 Å². The van der Waals surface area contributed by atoms with Gasteiger partial charge in [-0.1, -0.05) is 24.5 Å². The number of amides is 2. The van der Waals surface area contributed by atoms with Crippen LogP contribution in [0.4, 0.5) is 0 Å². The van der Waals surface area contributed by atoms with E-state index in [0.717, 1.165) is 25.2 Å². The Morgan fingerprint density at radius 3 is 2.73 bits per heavy atom. The van der Waals surface area contributed by atoms with Crippen LogP contribution in [0, 0.1) is 35.0 Å². The molecule has 4 saturated carbocycles. The van der Waals surface area contributed by atoms with Gasteiger partial charge in [0.2, 0.25) is 11.8 Å². The van der Waals surface area contributed by atoms with Crippen molar-refractivity contribution in [2.24, 2.45) is 35.0 Å². The monoisotopic (exact) mass is 297 g/mol. The summed E-state index contributed by atoms with van der Waals surface area (Å²) < 4.78 is 0. The Morgan fingerprint density at radius 2 is 1.91 bits per heavy atom. The summed E-state index contributed by atoms with van der Waals surface area (Å²) in [6, 6.07) is 0.234. The third-order valence-corrected chi connectivity index (χ3v) is 8.29. The highest BCUT2D eigenvalue weighted by molar-refractivity contribution is 6.07.